The molecule has 1 saturated carbocycles. The van der Waals surface area contributed by atoms with Crippen LogP contribution in [0.25, 0.3) is 22.2 Å². The molecule has 0 radical (unpaired) electrons. The smallest absolute Gasteiger partial charge is 0.231 e. The number of aromatic nitrogens is 3. The lowest BCUT2D eigenvalue weighted by Crippen LogP contribution is -2.15. The molecule has 146 valence electrons. The molecule has 0 aromatic carbocycles. The molecule has 4 rings (SSSR count). The lowest BCUT2D eigenvalue weighted by molar-refractivity contribution is -0.117. The molecule has 2 unspecified atom stereocenters. The third-order valence-corrected chi connectivity index (χ3v) is 4.55. The van der Waals surface area contributed by atoms with E-state index in [1.54, 1.807) is 25.3 Å². The van der Waals surface area contributed by atoms with Crippen LogP contribution in [0.1, 0.15) is 13.3 Å². The molecule has 1 fully saturated rings. The summed E-state index contributed by atoms with van der Waals surface area (Å²) in [7, 11) is 1.37. The molecule has 0 saturated heterocycles. The highest BCUT2D eigenvalue weighted by atomic mass is 19.1. The van der Waals surface area contributed by atoms with Gasteiger partial charge in [0.15, 0.2) is 11.6 Å². The van der Waals surface area contributed by atoms with Crippen LogP contribution in [0, 0.1) is 11.7 Å². The number of carbonyl (C=O) groups excluding carboxylic acids is 1. The Bertz CT molecular complexity index is 1050. The van der Waals surface area contributed by atoms with Gasteiger partial charge in [-0.05, 0) is 25.5 Å². The summed E-state index contributed by atoms with van der Waals surface area (Å²) in [6.07, 6.45) is 1.85. The number of nitrogens with one attached hydrogen (secondary N) is 2. The van der Waals surface area contributed by atoms with E-state index in [2.05, 4.69) is 20.3 Å². The first-order valence-electron chi connectivity index (χ1n) is 8.82. The fraction of sp³-hybridized carbons (Fsp3) is 0.316. The summed E-state index contributed by atoms with van der Waals surface area (Å²) in [5.41, 5.74) is 1.43. The van der Waals surface area contributed by atoms with Crippen molar-refractivity contribution in [3.63, 3.8) is 0 Å². The van der Waals surface area contributed by atoms with Crippen LogP contribution >= 0.6 is 0 Å². The minimum Gasteiger partial charge on any atom is -0.493 e. The highest BCUT2D eigenvalue weighted by molar-refractivity contribution is 5.99. The van der Waals surface area contributed by atoms with Gasteiger partial charge in [-0.3, -0.25) is 4.79 Å². The molecule has 1 aliphatic carbocycles. The average Bonchev–Trinajstić information content (AvgIpc) is 3.28. The average molecular weight is 388 g/mol. The highest BCUT2D eigenvalue weighted by Crippen LogP contribution is 2.42. The quantitative estimate of drug-likeness (QED) is 0.675. The normalized spacial score (nSPS) is 18.1. The summed E-state index contributed by atoms with van der Waals surface area (Å²) in [4.78, 5) is 23.3. The van der Waals surface area contributed by atoms with Gasteiger partial charge in [-0.15, -0.1) is 0 Å². The van der Waals surface area contributed by atoms with Crippen molar-refractivity contribution in [1.82, 2.24) is 15.0 Å². The van der Waals surface area contributed by atoms with Crippen molar-refractivity contribution in [2.24, 2.45) is 5.92 Å². The van der Waals surface area contributed by atoms with E-state index >= 15 is 0 Å². The number of aromatic amines is 1. The lowest BCUT2D eigenvalue weighted by Gasteiger charge is -2.13. The molecule has 0 bridgehead atoms. The van der Waals surface area contributed by atoms with Crippen LogP contribution in [0.5, 0.6) is 11.6 Å². The number of hydrogen-bond donors (Lipinski definition) is 2. The van der Waals surface area contributed by atoms with Crippen molar-refractivity contribution in [1.29, 1.82) is 0 Å². The number of pyridine rings is 2. The molecular weight excluding hydrogens is 370 g/mol. The lowest BCUT2D eigenvalue weighted by atomic mass is 10.1. The molecule has 3 heterocycles. The van der Waals surface area contributed by atoms with E-state index < -0.39 is 17.9 Å². The molecule has 9 heteroatoms. The molecule has 3 aromatic heterocycles. The van der Waals surface area contributed by atoms with E-state index in [4.69, 9.17) is 9.47 Å². The molecule has 3 aromatic rings. The maximum absolute atomic E-state index is 14.2. The van der Waals surface area contributed by atoms with E-state index in [1.807, 2.05) is 0 Å². The van der Waals surface area contributed by atoms with E-state index in [1.165, 1.54) is 7.11 Å². The summed E-state index contributed by atoms with van der Waals surface area (Å²) in [5.74, 6) is -1.05. The first kappa shape index (κ1) is 18.1. The van der Waals surface area contributed by atoms with Crippen LogP contribution in [0.2, 0.25) is 0 Å². The highest BCUT2D eigenvalue weighted by Gasteiger charge is 2.43. The fourth-order valence-corrected chi connectivity index (χ4v) is 3.07. The molecular formula is C19H18F2N4O3. The standard InChI is InChI=1S/C19H18F2N4O3/c1-3-28-19-15(16(27-2)13(21)8-23-19)11-7-22-17-9(11)4-5-14(24-17)25-18(26)10-6-12(10)20/h4-5,7-8,10,12H,3,6H2,1-2H3,(H2,22,24,25,26). The SMILES string of the molecule is CCOc1ncc(F)c(OC)c1-c1c[nH]c2nc(NC(=O)C3CC3F)ccc12. The Morgan fingerprint density at radius 1 is 1.43 bits per heavy atom. The second-order valence-corrected chi connectivity index (χ2v) is 6.39. The maximum Gasteiger partial charge on any atom is 0.231 e. The van der Waals surface area contributed by atoms with E-state index in [9.17, 15) is 13.6 Å². The molecule has 1 amide bonds. The van der Waals surface area contributed by atoms with Crippen LogP contribution in [-0.2, 0) is 4.79 Å². The van der Waals surface area contributed by atoms with Gasteiger partial charge in [0.25, 0.3) is 0 Å². The number of hydrogen-bond acceptors (Lipinski definition) is 5. The number of ether oxygens (including phenoxy) is 2. The van der Waals surface area contributed by atoms with Crippen molar-refractivity contribution in [3.8, 4) is 22.8 Å². The van der Waals surface area contributed by atoms with E-state index in [0.29, 0.717) is 34.6 Å². The van der Waals surface area contributed by atoms with E-state index in [-0.39, 0.29) is 24.0 Å². The Balaban J connectivity index is 1.74. The molecule has 7 nitrogen and oxygen atoms in total. The molecule has 1 aliphatic rings. The number of rotatable bonds is 6. The first-order chi connectivity index (χ1) is 13.5. The van der Waals surface area contributed by atoms with Gasteiger partial charge in [0.1, 0.15) is 17.6 Å². The molecule has 0 aliphatic heterocycles. The Labute approximate surface area is 159 Å². The minimum absolute atomic E-state index is 0.0134. The zero-order valence-electron chi connectivity index (χ0n) is 15.3. The third kappa shape index (κ3) is 3.12. The predicted octanol–water partition coefficient (Wildman–Crippen LogP) is 3.47. The summed E-state index contributed by atoms with van der Waals surface area (Å²) in [6, 6.07) is 3.33. The predicted molar refractivity (Wildman–Crippen MR) is 98.6 cm³/mol. The van der Waals surface area contributed by atoms with Gasteiger partial charge in [0.05, 0.1) is 31.4 Å². The topological polar surface area (TPSA) is 89.1 Å². The minimum atomic E-state index is -1.08. The van der Waals surface area contributed by atoms with Gasteiger partial charge in [-0.1, -0.05) is 0 Å². The van der Waals surface area contributed by atoms with Crippen molar-refractivity contribution in [2.45, 2.75) is 19.5 Å². The fourth-order valence-electron chi connectivity index (χ4n) is 3.07. The third-order valence-electron chi connectivity index (χ3n) is 4.55. The van der Waals surface area contributed by atoms with Gasteiger partial charge in [0.2, 0.25) is 11.8 Å². The van der Waals surface area contributed by atoms with Crippen molar-refractivity contribution in [3.05, 3.63) is 30.3 Å². The number of nitrogens with zero attached hydrogens (tertiary/aromatic N) is 2. The van der Waals surface area contributed by atoms with Crippen molar-refractivity contribution < 1.29 is 23.0 Å². The Kier molecular flexibility index (Phi) is 4.58. The number of alkyl halides is 1. The Hall–Kier alpha value is -3.23. The number of H-pyrrole nitrogens is 1. The number of methoxy groups -OCH3 is 1. The zero-order chi connectivity index (χ0) is 19.8. The number of anilines is 1. The zero-order valence-corrected chi connectivity index (χ0v) is 15.3. The van der Waals surface area contributed by atoms with Gasteiger partial charge in [-0.25, -0.2) is 18.7 Å². The maximum atomic E-state index is 14.2. The van der Waals surface area contributed by atoms with Crippen LogP contribution in [0.15, 0.2) is 24.5 Å². The van der Waals surface area contributed by atoms with Crippen molar-refractivity contribution in [2.75, 3.05) is 19.0 Å². The van der Waals surface area contributed by atoms with E-state index in [0.717, 1.165) is 6.20 Å². The number of carbonyl (C=O) groups is 1. The number of halogens is 2. The van der Waals surface area contributed by atoms with Crippen LogP contribution in [-0.4, -0.2) is 40.7 Å². The largest absolute Gasteiger partial charge is 0.493 e. The number of amides is 1. The van der Waals surface area contributed by atoms with Crippen LogP contribution in [0.4, 0.5) is 14.6 Å². The summed E-state index contributed by atoms with van der Waals surface area (Å²) >= 11 is 0. The molecule has 0 spiro atoms. The molecule has 2 N–H and O–H groups in total. The van der Waals surface area contributed by atoms with Gasteiger partial charge < -0.3 is 19.8 Å². The second kappa shape index (κ2) is 7.06. The van der Waals surface area contributed by atoms with Crippen LogP contribution in [0.3, 0.4) is 0 Å². The second-order valence-electron chi connectivity index (χ2n) is 6.39. The van der Waals surface area contributed by atoms with Gasteiger partial charge in [-0.2, -0.15) is 0 Å². The molecule has 28 heavy (non-hydrogen) atoms. The summed E-state index contributed by atoms with van der Waals surface area (Å²) < 4.78 is 38.0. The Morgan fingerprint density at radius 2 is 2.21 bits per heavy atom. The van der Waals surface area contributed by atoms with Crippen LogP contribution < -0.4 is 14.8 Å². The number of fused-ring (bicyclic) bond motifs is 1. The summed E-state index contributed by atoms with van der Waals surface area (Å²) in [5, 5.41) is 3.27. The van der Waals surface area contributed by atoms with Crippen molar-refractivity contribution >= 4 is 22.8 Å². The first-order valence-corrected chi connectivity index (χ1v) is 8.82. The summed E-state index contributed by atoms with van der Waals surface area (Å²) in [6.45, 7) is 2.15. The van der Waals surface area contributed by atoms with Gasteiger partial charge >= 0.3 is 0 Å². The van der Waals surface area contributed by atoms with Gasteiger partial charge in [0, 0.05) is 17.1 Å². The monoisotopic (exact) mass is 388 g/mol. The Morgan fingerprint density at radius 3 is 2.89 bits per heavy atom. The molecule has 2 atom stereocenters.